The van der Waals surface area contributed by atoms with Crippen LogP contribution in [-0.2, 0) is 0 Å². The smallest absolute Gasteiger partial charge is 0.296 e. The fourth-order valence-electron chi connectivity index (χ4n) is 3.65. The average molecular weight is 383 g/mol. The van der Waals surface area contributed by atoms with E-state index in [1.807, 2.05) is 6.07 Å². The fraction of sp³-hybridized carbons (Fsp3) is 0.500. The van der Waals surface area contributed by atoms with Gasteiger partial charge in [-0.05, 0) is 37.8 Å². The summed E-state index contributed by atoms with van der Waals surface area (Å²) in [7, 11) is 1.49. The molecule has 2 aliphatic rings. The maximum absolute atomic E-state index is 11.5. The zero-order valence-corrected chi connectivity index (χ0v) is 16.0. The highest BCUT2D eigenvalue weighted by Crippen LogP contribution is 2.40. The van der Waals surface area contributed by atoms with E-state index in [0.717, 1.165) is 31.4 Å². The number of rotatable bonds is 7. The van der Waals surface area contributed by atoms with Crippen molar-refractivity contribution >= 4 is 23.1 Å². The Morgan fingerprint density at radius 2 is 1.89 bits per heavy atom. The first-order valence-corrected chi connectivity index (χ1v) is 9.87. The molecule has 0 unspecified atom stereocenters. The number of ether oxygens (including phenoxy) is 1. The zero-order chi connectivity index (χ0) is 19.5. The van der Waals surface area contributed by atoms with E-state index >= 15 is 0 Å². The summed E-state index contributed by atoms with van der Waals surface area (Å²) >= 11 is 0. The largest absolute Gasteiger partial charge is 0.496 e. The summed E-state index contributed by atoms with van der Waals surface area (Å²) in [6.45, 7) is 0. The molecule has 2 saturated carbocycles. The predicted octanol–water partition coefficient (Wildman–Crippen LogP) is 4.76. The minimum absolute atomic E-state index is 0.0484. The molecule has 0 spiro atoms. The molecular formula is C20H25N5O3. The van der Waals surface area contributed by atoms with Gasteiger partial charge in [-0.3, -0.25) is 10.1 Å². The third kappa shape index (κ3) is 4.32. The second-order valence-electron chi connectivity index (χ2n) is 7.52. The summed E-state index contributed by atoms with van der Waals surface area (Å²) < 4.78 is 5.10. The Balaban J connectivity index is 1.61. The van der Waals surface area contributed by atoms with Crippen LogP contribution in [0.2, 0.25) is 0 Å². The first-order valence-electron chi connectivity index (χ1n) is 9.87. The summed E-state index contributed by atoms with van der Waals surface area (Å²) in [5, 5.41) is 18.0. The summed E-state index contributed by atoms with van der Waals surface area (Å²) in [4.78, 5) is 20.3. The summed E-state index contributed by atoms with van der Waals surface area (Å²) in [6.07, 6.45) is 8.25. The lowest BCUT2D eigenvalue weighted by atomic mass is 9.96. The molecule has 0 radical (unpaired) electrons. The van der Waals surface area contributed by atoms with E-state index in [1.165, 1.54) is 32.4 Å². The van der Waals surface area contributed by atoms with Crippen LogP contribution in [0.5, 0.6) is 5.75 Å². The lowest BCUT2D eigenvalue weighted by molar-refractivity contribution is -0.384. The van der Waals surface area contributed by atoms with Crippen molar-refractivity contribution in [1.29, 1.82) is 0 Å². The van der Waals surface area contributed by atoms with Gasteiger partial charge >= 0.3 is 0 Å². The Morgan fingerprint density at radius 1 is 1.11 bits per heavy atom. The van der Waals surface area contributed by atoms with Crippen LogP contribution in [0.15, 0.2) is 24.3 Å². The van der Waals surface area contributed by atoms with Gasteiger partial charge in [0.15, 0.2) is 0 Å². The lowest BCUT2D eigenvalue weighted by Gasteiger charge is -2.23. The van der Waals surface area contributed by atoms with Gasteiger partial charge in [0.05, 0.1) is 23.8 Å². The SMILES string of the molecule is COc1ccc(Nc2cc(C3CC3)nc(NC3CCCCC3)n2)c([N+](=O)[O-])c1. The molecule has 1 aromatic heterocycles. The predicted molar refractivity (Wildman–Crippen MR) is 107 cm³/mol. The third-order valence-electron chi connectivity index (χ3n) is 5.34. The van der Waals surface area contributed by atoms with Crippen molar-refractivity contribution in [3.8, 4) is 5.75 Å². The topological polar surface area (TPSA) is 102 Å². The number of nitrogens with one attached hydrogen (secondary N) is 2. The van der Waals surface area contributed by atoms with Gasteiger partial charge < -0.3 is 15.4 Å². The molecule has 0 aliphatic heterocycles. The van der Waals surface area contributed by atoms with Gasteiger partial charge in [-0.1, -0.05) is 19.3 Å². The maximum atomic E-state index is 11.5. The Hall–Kier alpha value is -2.90. The Morgan fingerprint density at radius 3 is 2.57 bits per heavy atom. The van der Waals surface area contributed by atoms with E-state index in [-0.39, 0.29) is 5.69 Å². The van der Waals surface area contributed by atoms with Crippen molar-refractivity contribution in [2.45, 2.75) is 56.9 Å². The monoisotopic (exact) mass is 383 g/mol. The molecule has 0 amide bonds. The number of nitro groups is 1. The quantitative estimate of drug-likeness (QED) is 0.525. The normalized spacial score (nSPS) is 17.2. The van der Waals surface area contributed by atoms with Gasteiger partial charge in [0.2, 0.25) is 5.95 Å². The number of nitrogens with zero attached hydrogens (tertiary/aromatic N) is 3. The van der Waals surface area contributed by atoms with Crippen LogP contribution in [0.1, 0.15) is 56.6 Å². The van der Waals surface area contributed by atoms with E-state index in [1.54, 1.807) is 12.1 Å². The molecule has 0 atom stereocenters. The Labute approximate surface area is 163 Å². The molecule has 2 fully saturated rings. The molecule has 8 heteroatoms. The molecule has 148 valence electrons. The highest BCUT2D eigenvalue weighted by Gasteiger charge is 2.27. The summed E-state index contributed by atoms with van der Waals surface area (Å²) in [5.41, 5.74) is 1.33. The number of hydrogen-bond donors (Lipinski definition) is 2. The van der Waals surface area contributed by atoms with Crippen molar-refractivity contribution in [3.05, 3.63) is 40.1 Å². The molecule has 1 aromatic carbocycles. The van der Waals surface area contributed by atoms with Crippen LogP contribution in [0.4, 0.5) is 23.1 Å². The van der Waals surface area contributed by atoms with E-state index in [9.17, 15) is 10.1 Å². The van der Waals surface area contributed by atoms with E-state index in [2.05, 4.69) is 15.6 Å². The van der Waals surface area contributed by atoms with Crippen LogP contribution < -0.4 is 15.4 Å². The molecule has 1 heterocycles. The number of nitro benzene ring substituents is 1. The van der Waals surface area contributed by atoms with Gasteiger partial charge in [0.25, 0.3) is 5.69 Å². The molecule has 0 saturated heterocycles. The van der Waals surface area contributed by atoms with Gasteiger partial charge in [-0.2, -0.15) is 4.98 Å². The van der Waals surface area contributed by atoms with E-state index < -0.39 is 4.92 Å². The van der Waals surface area contributed by atoms with Crippen LogP contribution in [0.3, 0.4) is 0 Å². The van der Waals surface area contributed by atoms with Crippen LogP contribution in [0.25, 0.3) is 0 Å². The second-order valence-corrected chi connectivity index (χ2v) is 7.52. The van der Waals surface area contributed by atoms with Crippen molar-refractivity contribution in [2.24, 2.45) is 0 Å². The molecule has 0 bridgehead atoms. The number of anilines is 3. The highest BCUT2D eigenvalue weighted by atomic mass is 16.6. The number of hydrogen-bond acceptors (Lipinski definition) is 7. The number of methoxy groups -OCH3 is 1. The third-order valence-corrected chi connectivity index (χ3v) is 5.34. The Kier molecular flexibility index (Phi) is 5.27. The molecular weight excluding hydrogens is 358 g/mol. The van der Waals surface area contributed by atoms with Gasteiger partial charge in [0, 0.05) is 18.0 Å². The molecule has 2 N–H and O–H groups in total. The van der Waals surface area contributed by atoms with Crippen LogP contribution in [-0.4, -0.2) is 28.0 Å². The minimum Gasteiger partial charge on any atom is -0.496 e. The summed E-state index contributed by atoms with van der Waals surface area (Å²) in [6, 6.07) is 7.04. The maximum Gasteiger partial charge on any atom is 0.296 e. The fourth-order valence-corrected chi connectivity index (χ4v) is 3.65. The second kappa shape index (κ2) is 8.00. The standard InChI is InChI=1S/C20H25N5O3/c1-28-15-9-10-16(18(11-15)25(26)27)22-19-12-17(13-7-8-13)23-20(24-19)21-14-5-3-2-4-6-14/h9-14H,2-8H2,1H3,(H2,21,22,23,24). The van der Waals surface area contributed by atoms with Gasteiger partial charge in [-0.25, -0.2) is 4.98 Å². The summed E-state index contributed by atoms with van der Waals surface area (Å²) in [5.74, 6) is 2.08. The van der Waals surface area contributed by atoms with Crippen molar-refractivity contribution in [2.75, 3.05) is 17.7 Å². The highest BCUT2D eigenvalue weighted by molar-refractivity contribution is 5.70. The minimum atomic E-state index is -0.422. The van der Waals surface area contributed by atoms with E-state index in [0.29, 0.717) is 35.2 Å². The molecule has 8 nitrogen and oxygen atoms in total. The van der Waals surface area contributed by atoms with Gasteiger partial charge in [-0.15, -0.1) is 0 Å². The van der Waals surface area contributed by atoms with Crippen molar-refractivity contribution in [1.82, 2.24) is 9.97 Å². The average Bonchev–Trinajstić information content (AvgIpc) is 3.54. The van der Waals surface area contributed by atoms with Crippen molar-refractivity contribution in [3.63, 3.8) is 0 Å². The van der Waals surface area contributed by atoms with Gasteiger partial charge in [0.1, 0.15) is 17.3 Å². The number of benzene rings is 1. The molecule has 4 rings (SSSR count). The van der Waals surface area contributed by atoms with E-state index in [4.69, 9.17) is 9.72 Å². The van der Waals surface area contributed by atoms with Crippen molar-refractivity contribution < 1.29 is 9.66 Å². The molecule has 28 heavy (non-hydrogen) atoms. The first kappa shape index (κ1) is 18.5. The molecule has 2 aromatic rings. The number of aromatic nitrogens is 2. The Bertz CT molecular complexity index is 863. The van der Waals surface area contributed by atoms with Crippen LogP contribution >= 0.6 is 0 Å². The van der Waals surface area contributed by atoms with Crippen LogP contribution in [0, 0.1) is 10.1 Å². The molecule has 2 aliphatic carbocycles. The first-order chi connectivity index (χ1) is 13.6. The lowest BCUT2D eigenvalue weighted by Crippen LogP contribution is -2.23. The zero-order valence-electron chi connectivity index (χ0n) is 16.0.